The van der Waals surface area contributed by atoms with Gasteiger partial charge >= 0.3 is 0 Å². The molecule has 2 rings (SSSR count). The Kier molecular flexibility index (Phi) is 4.50. The fourth-order valence-corrected chi connectivity index (χ4v) is 4.21. The molecule has 2 atom stereocenters. The van der Waals surface area contributed by atoms with Gasteiger partial charge in [0, 0.05) is 31.0 Å². The summed E-state index contributed by atoms with van der Waals surface area (Å²) in [6, 6.07) is 4.22. The smallest absolute Gasteiger partial charge is 0.0365 e. The first kappa shape index (κ1) is 15.5. The van der Waals surface area contributed by atoms with Crippen LogP contribution in [0.5, 0.6) is 0 Å². The molecule has 0 saturated heterocycles. The molecule has 0 bridgehead atoms. The first-order valence-corrected chi connectivity index (χ1v) is 7.77. The molecule has 20 heavy (non-hydrogen) atoms. The normalized spacial score (nSPS) is 29.0. The summed E-state index contributed by atoms with van der Waals surface area (Å²) in [6.07, 6.45) is 6.20. The van der Waals surface area contributed by atoms with Crippen molar-refractivity contribution in [2.75, 3.05) is 13.1 Å². The molecule has 2 unspecified atom stereocenters. The van der Waals surface area contributed by atoms with E-state index < -0.39 is 0 Å². The standard InChI is InChI=1S/C17H29N3/c1-5-20(11-15-6-8-19-9-7-15)17(13-18)12-16(3,4)10-14(17)2/h6-9,14H,5,10-13,18H2,1-4H3. The molecule has 0 aromatic carbocycles. The van der Waals surface area contributed by atoms with Gasteiger partial charge in [-0.1, -0.05) is 27.7 Å². The van der Waals surface area contributed by atoms with Gasteiger partial charge in [-0.25, -0.2) is 0 Å². The molecule has 1 aromatic rings. The van der Waals surface area contributed by atoms with Gasteiger partial charge in [0.25, 0.3) is 0 Å². The highest BCUT2D eigenvalue weighted by Crippen LogP contribution is 2.50. The fraction of sp³-hybridized carbons (Fsp3) is 0.706. The maximum atomic E-state index is 6.26. The predicted octanol–water partition coefficient (Wildman–Crippen LogP) is 3.06. The molecule has 3 heteroatoms. The Bertz CT molecular complexity index is 429. The summed E-state index contributed by atoms with van der Waals surface area (Å²) < 4.78 is 0. The van der Waals surface area contributed by atoms with Crippen LogP contribution in [0, 0.1) is 11.3 Å². The lowest BCUT2D eigenvalue weighted by molar-refractivity contribution is 0.0563. The lowest BCUT2D eigenvalue weighted by Gasteiger charge is -2.44. The molecular formula is C17H29N3. The Morgan fingerprint density at radius 2 is 2.00 bits per heavy atom. The van der Waals surface area contributed by atoms with Crippen LogP contribution >= 0.6 is 0 Å². The van der Waals surface area contributed by atoms with Crippen molar-refractivity contribution in [3.8, 4) is 0 Å². The zero-order valence-electron chi connectivity index (χ0n) is 13.4. The van der Waals surface area contributed by atoms with Crippen molar-refractivity contribution in [1.82, 2.24) is 9.88 Å². The molecule has 3 nitrogen and oxygen atoms in total. The first-order chi connectivity index (χ1) is 9.43. The summed E-state index contributed by atoms with van der Waals surface area (Å²) in [5.41, 5.74) is 8.12. The molecule has 0 amide bonds. The summed E-state index contributed by atoms with van der Waals surface area (Å²) >= 11 is 0. The Balaban J connectivity index is 2.24. The van der Waals surface area contributed by atoms with Gasteiger partial charge in [0.05, 0.1) is 0 Å². The van der Waals surface area contributed by atoms with Crippen LogP contribution in [0.2, 0.25) is 0 Å². The zero-order chi connectivity index (χ0) is 14.8. The van der Waals surface area contributed by atoms with Crippen LogP contribution in [0.1, 0.15) is 46.1 Å². The van der Waals surface area contributed by atoms with Crippen LogP contribution in [0.3, 0.4) is 0 Å². The minimum Gasteiger partial charge on any atom is -0.329 e. The summed E-state index contributed by atoms with van der Waals surface area (Å²) in [5.74, 6) is 0.643. The third-order valence-corrected chi connectivity index (χ3v) is 5.05. The SMILES string of the molecule is CCN(Cc1ccncc1)C1(CN)CC(C)(C)CC1C. The summed E-state index contributed by atoms with van der Waals surface area (Å²) in [7, 11) is 0. The van der Waals surface area contributed by atoms with Crippen LogP contribution in [0.15, 0.2) is 24.5 Å². The van der Waals surface area contributed by atoms with Crippen LogP contribution in [0.25, 0.3) is 0 Å². The van der Waals surface area contributed by atoms with Gasteiger partial charge in [0.15, 0.2) is 0 Å². The molecule has 0 aliphatic heterocycles. The average Bonchev–Trinajstić information content (AvgIpc) is 2.67. The van der Waals surface area contributed by atoms with Gasteiger partial charge in [-0.15, -0.1) is 0 Å². The highest BCUT2D eigenvalue weighted by Gasteiger charge is 2.50. The number of hydrogen-bond donors (Lipinski definition) is 1. The topological polar surface area (TPSA) is 42.2 Å². The van der Waals surface area contributed by atoms with Crippen LogP contribution in [-0.2, 0) is 6.54 Å². The number of pyridine rings is 1. The lowest BCUT2D eigenvalue weighted by atomic mass is 9.84. The monoisotopic (exact) mass is 275 g/mol. The van der Waals surface area contributed by atoms with Gasteiger partial charge in [0.2, 0.25) is 0 Å². The van der Waals surface area contributed by atoms with E-state index >= 15 is 0 Å². The number of likely N-dealkylation sites (N-methyl/N-ethyl adjacent to an activating group) is 1. The van der Waals surface area contributed by atoms with E-state index in [0.717, 1.165) is 19.6 Å². The third kappa shape index (κ3) is 2.89. The van der Waals surface area contributed by atoms with Crippen LogP contribution in [0.4, 0.5) is 0 Å². The molecule has 0 radical (unpaired) electrons. The van der Waals surface area contributed by atoms with Gasteiger partial charge in [0.1, 0.15) is 0 Å². The second-order valence-electron chi connectivity index (χ2n) is 7.12. The van der Waals surface area contributed by atoms with E-state index in [0.29, 0.717) is 11.3 Å². The van der Waals surface area contributed by atoms with E-state index in [4.69, 9.17) is 5.73 Å². The number of aromatic nitrogens is 1. The number of nitrogens with zero attached hydrogens (tertiary/aromatic N) is 2. The maximum absolute atomic E-state index is 6.26. The first-order valence-electron chi connectivity index (χ1n) is 7.77. The molecular weight excluding hydrogens is 246 g/mol. The van der Waals surface area contributed by atoms with Gasteiger partial charge in [-0.05, 0) is 48.4 Å². The van der Waals surface area contributed by atoms with E-state index in [1.807, 2.05) is 12.4 Å². The predicted molar refractivity (Wildman–Crippen MR) is 84.3 cm³/mol. The molecule has 1 fully saturated rings. The minimum absolute atomic E-state index is 0.140. The Labute approximate surface area is 123 Å². The van der Waals surface area contributed by atoms with Crippen LogP contribution in [-0.4, -0.2) is 28.5 Å². The highest BCUT2D eigenvalue weighted by molar-refractivity contribution is 5.13. The quantitative estimate of drug-likeness (QED) is 0.898. The number of hydrogen-bond acceptors (Lipinski definition) is 3. The summed E-state index contributed by atoms with van der Waals surface area (Å²) in [5, 5.41) is 0. The maximum Gasteiger partial charge on any atom is 0.0365 e. The highest BCUT2D eigenvalue weighted by atomic mass is 15.2. The van der Waals surface area contributed by atoms with E-state index in [1.54, 1.807) is 0 Å². The number of rotatable bonds is 5. The molecule has 112 valence electrons. The Hall–Kier alpha value is -0.930. The summed E-state index contributed by atoms with van der Waals surface area (Å²) in [6.45, 7) is 12.1. The molecule has 1 aliphatic rings. The molecule has 1 aliphatic carbocycles. The van der Waals surface area contributed by atoms with Crippen molar-refractivity contribution in [2.45, 2.75) is 52.6 Å². The van der Waals surface area contributed by atoms with Crippen LogP contribution < -0.4 is 5.73 Å². The third-order valence-electron chi connectivity index (χ3n) is 5.05. The van der Waals surface area contributed by atoms with Gasteiger partial charge in [-0.2, -0.15) is 0 Å². The fourth-order valence-electron chi connectivity index (χ4n) is 4.21. The minimum atomic E-state index is 0.140. The van der Waals surface area contributed by atoms with Crippen molar-refractivity contribution in [1.29, 1.82) is 0 Å². The largest absolute Gasteiger partial charge is 0.329 e. The summed E-state index contributed by atoms with van der Waals surface area (Å²) in [4.78, 5) is 6.69. The molecule has 1 saturated carbocycles. The average molecular weight is 275 g/mol. The second-order valence-corrected chi connectivity index (χ2v) is 7.12. The Morgan fingerprint density at radius 1 is 1.35 bits per heavy atom. The van der Waals surface area contributed by atoms with E-state index in [-0.39, 0.29) is 5.54 Å². The van der Waals surface area contributed by atoms with Gasteiger partial charge in [-0.3, -0.25) is 9.88 Å². The molecule has 1 aromatic heterocycles. The second kappa shape index (κ2) is 5.82. The van der Waals surface area contributed by atoms with Crippen molar-refractivity contribution in [3.63, 3.8) is 0 Å². The van der Waals surface area contributed by atoms with E-state index in [9.17, 15) is 0 Å². The lowest BCUT2D eigenvalue weighted by Crippen LogP contribution is -2.55. The molecule has 1 heterocycles. The van der Waals surface area contributed by atoms with Gasteiger partial charge < -0.3 is 5.73 Å². The number of nitrogens with two attached hydrogens (primary N) is 1. The van der Waals surface area contributed by atoms with Crippen molar-refractivity contribution < 1.29 is 0 Å². The van der Waals surface area contributed by atoms with E-state index in [2.05, 4.69) is 49.7 Å². The molecule has 2 N–H and O–H groups in total. The zero-order valence-corrected chi connectivity index (χ0v) is 13.4. The van der Waals surface area contributed by atoms with Crippen molar-refractivity contribution in [3.05, 3.63) is 30.1 Å². The molecule has 0 spiro atoms. The van der Waals surface area contributed by atoms with Crippen molar-refractivity contribution in [2.24, 2.45) is 17.1 Å². The Morgan fingerprint density at radius 3 is 2.45 bits per heavy atom. The van der Waals surface area contributed by atoms with Crippen molar-refractivity contribution >= 4 is 0 Å². The van der Waals surface area contributed by atoms with E-state index in [1.165, 1.54) is 18.4 Å².